The molecule has 5 nitrogen and oxygen atoms in total. The van der Waals surface area contributed by atoms with E-state index in [9.17, 15) is 14.7 Å². The summed E-state index contributed by atoms with van der Waals surface area (Å²) in [6, 6.07) is 0.210. The fourth-order valence-corrected chi connectivity index (χ4v) is 3.65. The number of likely N-dealkylation sites (tertiary alicyclic amines) is 1. The predicted octanol–water partition coefficient (Wildman–Crippen LogP) is 2.76. The quantitative estimate of drug-likeness (QED) is 0.818. The third kappa shape index (κ3) is 4.28. The highest BCUT2D eigenvalue weighted by Crippen LogP contribution is 2.36. The molecule has 1 rings (SSSR count). The van der Waals surface area contributed by atoms with Gasteiger partial charge in [0.2, 0.25) is 0 Å². The van der Waals surface area contributed by atoms with Crippen LogP contribution in [0.1, 0.15) is 39.5 Å². The van der Waals surface area contributed by atoms with E-state index in [1.807, 2.05) is 27.2 Å². The third-order valence-corrected chi connectivity index (χ3v) is 5.36. The van der Waals surface area contributed by atoms with Crippen molar-refractivity contribution in [1.29, 1.82) is 0 Å². The van der Waals surface area contributed by atoms with Crippen LogP contribution in [0.4, 0.5) is 4.79 Å². The van der Waals surface area contributed by atoms with Crippen molar-refractivity contribution >= 4 is 23.8 Å². The van der Waals surface area contributed by atoms with Crippen LogP contribution in [0.25, 0.3) is 0 Å². The van der Waals surface area contributed by atoms with Gasteiger partial charge >= 0.3 is 12.0 Å². The Morgan fingerprint density at radius 2 is 1.95 bits per heavy atom. The lowest BCUT2D eigenvalue weighted by Gasteiger charge is -2.41. The van der Waals surface area contributed by atoms with E-state index in [0.29, 0.717) is 32.4 Å². The number of piperidine rings is 1. The number of carbonyl (C=O) groups is 2. The molecule has 1 fully saturated rings. The van der Waals surface area contributed by atoms with Crippen LogP contribution in [0.5, 0.6) is 0 Å². The molecule has 1 unspecified atom stereocenters. The Balaban J connectivity index is 2.63. The van der Waals surface area contributed by atoms with Crippen LogP contribution in [0, 0.1) is 5.41 Å². The van der Waals surface area contributed by atoms with Crippen LogP contribution in [-0.4, -0.2) is 65.1 Å². The van der Waals surface area contributed by atoms with Gasteiger partial charge in [-0.15, -0.1) is 0 Å². The normalized spacial score (nSPS) is 19.1. The maximum absolute atomic E-state index is 12.4. The molecule has 2 amide bonds. The Kier molecular flexibility index (Phi) is 6.84. The molecule has 1 aliphatic rings. The molecule has 1 N–H and O–H groups in total. The van der Waals surface area contributed by atoms with Crippen molar-refractivity contribution in [3.8, 4) is 0 Å². The number of urea groups is 1. The van der Waals surface area contributed by atoms with Gasteiger partial charge in [-0.2, -0.15) is 11.8 Å². The topological polar surface area (TPSA) is 60.9 Å². The second-order valence-corrected chi connectivity index (χ2v) is 6.93. The first-order valence-electron chi connectivity index (χ1n) is 7.62. The van der Waals surface area contributed by atoms with Gasteiger partial charge in [0.15, 0.2) is 0 Å². The largest absolute Gasteiger partial charge is 0.481 e. The summed E-state index contributed by atoms with van der Waals surface area (Å²) in [6.45, 7) is 5.14. The van der Waals surface area contributed by atoms with Crippen LogP contribution in [0.3, 0.4) is 0 Å². The second-order valence-electron chi connectivity index (χ2n) is 6.02. The van der Waals surface area contributed by atoms with Gasteiger partial charge in [0.1, 0.15) is 0 Å². The van der Waals surface area contributed by atoms with Crippen molar-refractivity contribution in [2.45, 2.75) is 45.6 Å². The first-order valence-corrected chi connectivity index (χ1v) is 9.01. The van der Waals surface area contributed by atoms with Crippen LogP contribution < -0.4 is 0 Å². The fourth-order valence-electron chi connectivity index (χ4n) is 2.94. The predicted molar refractivity (Wildman–Crippen MR) is 86.8 cm³/mol. The van der Waals surface area contributed by atoms with E-state index in [2.05, 4.69) is 0 Å². The van der Waals surface area contributed by atoms with Gasteiger partial charge in [0, 0.05) is 31.9 Å². The summed E-state index contributed by atoms with van der Waals surface area (Å²) in [5, 5.41) is 9.50. The number of thioether (sulfide) groups is 1. The maximum Gasteiger partial charge on any atom is 0.320 e. The molecule has 1 atom stereocenters. The minimum absolute atomic E-state index is 0.0204. The van der Waals surface area contributed by atoms with Gasteiger partial charge in [0.05, 0.1) is 5.41 Å². The third-order valence-electron chi connectivity index (χ3n) is 4.54. The highest BCUT2D eigenvalue weighted by atomic mass is 32.2. The van der Waals surface area contributed by atoms with Gasteiger partial charge in [0.25, 0.3) is 0 Å². The maximum atomic E-state index is 12.4. The molecule has 0 aromatic heterocycles. The van der Waals surface area contributed by atoms with Gasteiger partial charge in [-0.25, -0.2) is 4.79 Å². The summed E-state index contributed by atoms with van der Waals surface area (Å²) in [7, 11) is 1.83. The summed E-state index contributed by atoms with van der Waals surface area (Å²) < 4.78 is 0. The summed E-state index contributed by atoms with van der Waals surface area (Å²) in [5.74, 6) is 0.200. The van der Waals surface area contributed by atoms with Gasteiger partial charge < -0.3 is 14.9 Å². The molecule has 1 heterocycles. The number of nitrogens with zero attached hydrogens (tertiary/aromatic N) is 2. The molecule has 6 heteroatoms. The van der Waals surface area contributed by atoms with E-state index in [1.165, 1.54) is 0 Å². The fraction of sp³-hybridized carbons (Fsp3) is 0.867. The molecule has 0 aliphatic carbocycles. The molecule has 0 aromatic carbocycles. The summed E-state index contributed by atoms with van der Waals surface area (Å²) in [4.78, 5) is 27.6. The lowest BCUT2D eigenvalue weighted by atomic mass is 9.75. The van der Waals surface area contributed by atoms with Crippen molar-refractivity contribution in [2.75, 3.05) is 32.1 Å². The van der Waals surface area contributed by atoms with Crippen LogP contribution in [-0.2, 0) is 4.79 Å². The van der Waals surface area contributed by atoms with E-state index in [0.717, 1.165) is 12.2 Å². The lowest BCUT2D eigenvalue weighted by molar-refractivity contribution is -0.152. The van der Waals surface area contributed by atoms with Crippen molar-refractivity contribution in [3.63, 3.8) is 0 Å². The number of carboxylic acids is 1. The number of hydrogen-bond donors (Lipinski definition) is 1. The molecule has 0 spiro atoms. The molecular weight excluding hydrogens is 288 g/mol. The average molecular weight is 316 g/mol. The second kappa shape index (κ2) is 7.92. The number of aliphatic carboxylic acids is 1. The van der Waals surface area contributed by atoms with Crippen molar-refractivity contribution < 1.29 is 14.7 Å². The summed E-state index contributed by atoms with van der Waals surface area (Å²) in [6.07, 6.45) is 4.72. The Morgan fingerprint density at radius 3 is 2.38 bits per heavy atom. The first-order chi connectivity index (χ1) is 9.88. The van der Waals surface area contributed by atoms with E-state index in [-0.39, 0.29) is 12.1 Å². The Hall–Kier alpha value is -0.910. The van der Waals surface area contributed by atoms with Crippen molar-refractivity contribution in [3.05, 3.63) is 0 Å². The van der Waals surface area contributed by atoms with Crippen LogP contribution >= 0.6 is 11.8 Å². The van der Waals surface area contributed by atoms with E-state index >= 15 is 0 Å². The molecule has 1 aliphatic heterocycles. The van der Waals surface area contributed by atoms with E-state index in [4.69, 9.17) is 0 Å². The Bertz CT molecular complexity index is 368. The summed E-state index contributed by atoms with van der Waals surface area (Å²) in [5.41, 5.74) is -0.630. The number of carboxylic acid groups (broad SMARTS) is 1. The molecule has 21 heavy (non-hydrogen) atoms. The van der Waals surface area contributed by atoms with Gasteiger partial charge in [-0.1, -0.05) is 13.3 Å². The number of carbonyl (C=O) groups excluding carboxylic acids is 1. The highest BCUT2D eigenvalue weighted by molar-refractivity contribution is 7.98. The van der Waals surface area contributed by atoms with Gasteiger partial charge in [-0.05, 0) is 32.4 Å². The minimum Gasteiger partial charge on any atom is -0.481 e. The minimum atomic E-state index is -0.708. The zero-order valence-electron chi connectivity index (χ0n) is 13.6. The smallest absolute Gasteiger partial charge is 0.320 e. The van der Waals surface area contributed by atoms with E-state index < -0.39 is 11.4 Å². The van der Waals surface area contributed by atoms with Crippen molar-refractivity contribution in [1.82, 2.24) is 9.80 Å². The van der Waals surface area contributed by atoms with Gasteiger partial charge in [-0.3, -0.25) is 4.79 Å². The molecule has 0 radical (unpaired) electrons. The molecule has 1 saturated heterocycles. The zero-order valence-corrected chi connectivity index (χ0v) is 14.4. The number of rotatable bonds is 6. The Labute approximate surface area is 132 Å². The number of hydrogen-bond acceptors (Lipinski definition) is 3. The molecule has 122 valence electrons. The zero-order chi connectivity index (χ0) is 16.0. The first kappa shape index (κ1) is 18.1. The van der Waals surface area contributed by atoms with Crippen LogP contribution in [0.15, 0.2) is 0 Å². The van der Waals surface area contributed by atoms with E-state index in [1.54, 1.807) is 21.6 Å². The highest BCUT2D eigenvalue weighted by Gasteiger charge is 2.42. The molecule has 0 aromatic rings. The summed E-state index contributed by atoms with van der Waals surface area (Å²) >= 11 is 1.72. The lowest BCUT2D eigenvalue weighted by Crippen LogP contribution is -2.52. The van der Waals surface area contributed by atoms with Crippen LogP contribution in [0.2, 0.25) is 0 Å². The number of amides is 2. The standard InChI is InChI=1S/C15H28N2O3S/c1-5-6-15(13(18)19)7-9-17(10-8-15)14(20)16(3)12(2)11-21-4/h12H,5-11H2,1-4H3,(H,18,19). The molecular formula is C15H28N2O3S. The average Bonchev–Trinajstić information content (AvgIpc) is 2.46. The monoisotopic (exact) mass is 316 g/mol. The van der Waals surface area contributed by atoms with Crippen molar-refractivity contribution in [2.24, 2.45) is 5.41 Å². The molecule has 0 saturated carbocycles. The Morgan fingerprint density at radius 1 is 1.38 bits per heavy atom. The molecule has 0 bridgehead atoms. The SMILES string of the molecule is CCCC1(C(=O)O)CCN(C(=O)N(C)C(C)CSC)CC1.